The van der Waals surface area contributed by atoms with Gasteiger partial charge in [-0.3, -0.25) is 0 Å². The molecule has 0 aliphatic rings. The van der Waals surface area contributed by atoms with Gasteiger partial charge in [0, 0.05) is 23.8 Å². The number of hydrogen-bond donors (Lipinski definition) is 0. The lowest BCUT2D eigenvalue weighted by Crippen LogP contribution is -2.30. The van der Waals surface area contributed by atoms with Crippen molar-refractivity contribution in [2.75, 3.05) is 6.54 Å². The van der Waals surface area contributed by atoms with E-state index in [1.165, 1.54) is 6.07 Å². The first-order valence-corrected chi connectivity index (χ1v) is 7.19. The maximum atomic E-state index is 13.3. The molecule has 0 amide bonds. The van der Waals surface area contributed by atoms with E-state index in [1.54, 1.807) is 12.1 Å². The fraction of sp³-hybridized carbons (Fsp3) is 0.529. The van der Waals surface area contributed by atoms with Gasteiger partial charge in [-0.05, 0) is 44.9 Å². The van der Waals surface area contributed by atoms with Crippen LogP contribution in [0.4, 0.5) is 4.39 Å². The van der Waals surface area contributed by atoms with Gasteiger partial charge in [0.25, 0.3) is 0 Å². The van der Waals surface area contributed by atoms with E-state index >= 15 is 0 Å². The first kappa shape index (κ1) is 17.7. The Morgan fingerprint density at radius 3 is 2.37 bits per heavy atom. The summed E-state index contributed by atoms with van der Waals surface area (Å²) in [6.07, 6.45) is 1.06. The second-order valence-corrected chi connectivity index (χ2v) is 4.69. The first-order valence-electron chi connectivity index (χ1n) is 7.19. The summed E-state index contributed by atoms with van der Waals surface area (Å²) in [4.78, 5) is 2.22. The molecule has 1 aromatic carbocycles. The van der Waals surface area contributed by atoms with E-state index in [0.717, 1.165) is 29.8 Å². The lowest BCUT2D eigenvalue weighted by molar-refractivity contribution is 0.331. The van der Waals surface area contributed by atoms with Crippen LogP contribution in [0.1, 0.15) is 52.2 Å². The molecular weight excluding hydrogens is 237 g/mol. The van der Waals surface area contributed by atoms with E-state index in [9.17, 15) is 4.39 Å². The lowest BCUT2D eigenvalue weighted by Gasteiger charge is -2.31. The average Bonchev–Trinajstić information content (AvgIpc) is 2.40. The summed E-state index contributed by atoms with van der Waals surface area (Å²) < 4.78 is 13.3. The summed E-state index contributed by atoms with van der Waals surface area (Å²) >= 11 is 0. The molecular formula is C17H28FN. The highest BCUT2D eigenvalue weighted by Crippen LogP contribution is 2.24. The van der Waals surface area contributed by atoms with Gasteiger partial charge < -0.3 is 4.90 Å². The molecule has 0 aromatic heterocycles. The molecule has 2 heteroatoms. The third-order valence-corrected chi connectivity index (χ3v) is 2.95. The molecule has 0 aliphatic heterocycles. The molecule has 0 N–H and O–H groups in total. The van der Waals surface area contributed by atoms with E-state index < -0.39 is 0 Å². The third-order valence-electron chi connectivity index (χ3n) is 2.95. The zero-order valence-corrected chi connectivity index (χ0v) is 13.3. The summed E-state index contributed by atoms with van der Waals surface area (Å²) in [5.74, 6) is -0.202. The van der Waals surface area contributed by atoms with Crippen LogP contribution >= 0.6 is 0 Å². The van der Waals surface area contributed by atoms with Crippen LogP contribution < -0.4 is 0 Å². The highest BCUT2D eigenvalue weighted by molar-refractivity contribution is 5.65. The summed E-state index contributed by atoms with van der Waals surface area (Å²) in [5, 5.41) is 0. The fourth-order valence-corrected chi connectivity index (χ4v) is 2.01. The van der Waals surface area contributed by atoms with Crippen LogP contribution in [0.5, 0.6) is 0 Å². The molecule has 0 saturated heterocycles. The SMILES string of the molecule is C=C(c1cc(F)ccc1C)N(CCC)C(C)C.CC. The molecule has 0 fully saturated rings. The minimum absolute atomic E-state index is 0.202. The van der Waals surface area contributed by atoms with Crippen molar-refractivity contribution in [2.24, 2.45) is 0 Å². The number of halogens is 1. The van der Waals surface area contributed by atoms with Crippen molar-refractivity contribution in [3.63, 3.8) is 0 Å². The molecule has 0 saturated carbocycles. The summed E-state index contributed by atoms with van der Waals surface area (Å²) in [6.45, 7) is 17.5. The predicted molar refractivity (Wildman–Crippen MR) is 83.7 cm³/mol. The second kappa shape index (κ2) is 8.73. The smallest absolute Gasteiger partial charge is 0.123 e. The first-order chi connectivity index (χ1) is 8.97. The van der Waals surface area contributed by atoms with E-state index in [1.807, 2.05) is 20.8 Å². The van der Waals surface area contributed by atoms with Crippen LogP contribution in [0, 0.1) is 12.7 Å². The Morgan fingerprint density at radius 1 is 1.32 bits per heavy atom. The second-order valence-electron chi connectivity index (χ2n) is 4.69. The number of aryl methyl sites for hydroxylation is 1. The van der Waals surface area contributed by atoms with Crippen LogP contribution in [0.2, 0.25) is 0 Å². The largest absolute Gasteiger partial charge is 0.369 e. The maximum absolute atomic E-state index is 13.3. The predicted octanol–water partition coefficient (Wildman–Crippen LogP) is 5.25. The average molecular weight is 265 g/mol. The van der Waals surface area contributed by atoms with Crippen LogP contribution in [-0.4, -0.2) is 17.5 Å². The zero-order chi connectivity index (χ0) is 15.0. The zero-order valence-electron chi connectivity index (χ0n) is 13.3. The van der Waals surface area contributed by atoms with E-state index in [0.29, 0.717) is 6.04 Å². The normalized spacial score (nSPS) is 9.89. The molecule has 0 aliphatic carbocycles. The fourth-order valence-electron chi connectivity index (χ4n) is 2.01. The molecule has 1 rings (SSSR count). The van der Waals surface area contributed by atoms with Crippen molar-refractivity contribution in [3.8, 4) is 0 Å². The Morgan fingerprint density at radius 2 is 1.89 bits per heavy atom. The Bertz CT molecular complexity index is 396. The molecule has 19 heavy (non-hydrogen) atoms. The van der Waals surface area contributed by atoms with Crippen molar-refractivity contribution in [2.45, 2.75) is 54.0 Å². The van der Waals surface area contributed by atoms with Gasteiger partial charge in [-0.15, -0.1) is 0 Å². The maximum Gasteiger partial charge on any atom is 0.123 e. The standard InChI is InChI=1S/C15H22FN.C2H6/c1-6-9-17(11(2)3)13(5)15-10-14(16)8-7-12(15)4;1-2/h7-8,10-11H,5-6,9H2,1-4H3;1-2H3. The van der Waals surface area contributed by atoms with Crippen molar-refractivity contribution in [1.82, 2.24) is 4.90 Å². The van der Waals surface area contributed by atoms with Gasteiger partial charge in [-0.1, -0.05) is 33.4 Å². The molecule has 0 radical (unpaired) electrons. The van der Waals surface area contributed by atoms with Crippen LogP contribution in [-0.2, 0) is 0 Å². The van der Waals surface area contributed by atoms with Crippen molar-refractivity contribution < 1.29 is 4.39 Å². The van der Waals surface area contributed by atoms with Gasteiger partial charge in [0.1, 0.15) is 5.82 Å². The lowest BCUT2D eigenvalue weighted by atomic mass is 10.0. The van der Waals surface area contributed by atoms with Gasteiger partial charge in [-0.25, -0.2) is 4.39 Å². The van der Waals surface area contributed by atoms with Gasteiger partial charge in [0.2, 0.25) is 0 Å². The monoisotopic (exact) mass is 265 g/mol. The van der Waals surface area contributed by atoms with Gasteiger partial charge in [-0.2, -0.15) is 0 Å². The molecule has 0 atom stereocenters. The van der Waals surface area contributed by atoms with Crippen LogP contribution in [0.25, 0.3) is 5.70 Å². The molecule has 0 heterocycles. The van der Waals surface area contributed by atoms with Crippen LogP contribution in [0.3, 0.4) is 0 Å². The number of hydrogen-bond acceptors (Lipinski definition) is 1. The molecule has 0 spiro atoms. The van der Waals surface area contributed by atoms with Crippen molar-refractivity contribution in [1.29, 1.82) is 0 Å². The van der Waals surface area contributed by atoms with Crippen molar-refractivity contribution in [3.05, 3.63) is 41.7 Å². The van der Waals surface area contributed by atoms with Gasteiger partial charge >= 0.3 is 0 Å². The Labute approximate surface area is 118 Å². The van der Waals surface area contributed by atoms with E-state index in [2.05, 4.69) is 32.3 Å². The Kier molecular flexibility index (Phi) is 8.13. The van der Waals surface area contributed by atoms with Crippen LogP contribution in [0.15, 0.2) is 24.8 Å². The quantitative estimate of drug-likeness (QED) is 0.702. The number of rotatable bonds is 5. The van der Waals surface area contributed by atoms with Gasteiger partial charge in [0.05, 0.1) is 0 Å². The molecule has 1 nitrogen and oxygen atoms in total. The highest BCUT2D eigenvalue weighted by atomic mass is 19.1. The minimum atomic E-state index is -0.202. The summed E-state index contributed by atoms with van der Waals surface area (Å²) in [5.41, 5.74) is 2.89. The number of nitrogens with zero attached hydrogens (tertiary/aromatic N) is 1. The number of benzene rings is 1. The Hall–Kier alpha value is -1.31. The van der Waals surface area contributed by atoms with E-state index in [4.69, 9.17) is 0 Å². The Balaban J connectivity index is 0.00000154. The van der Waals surface area contributed by atoms with Gasteiger partial charge in [0.15, 0.2) is 0 Å². The summed E-state index contributed by atoms with van der Waals surface area (Å²) in [6, 6.07) is 5.25. The molecule has 1 aromatic rings. The molecule has 0 unspecified atom stereocenters. The van der Waals surface area contributed by atoms with E-state index in [-0.39, 0.29) is 5.82 Å². The minimum Gasteiger partial charge on any atom is -0.369 e. The summed E-state index contributed by atoms with van der Waals surface area (Å²) in [7, 11) is 0. The molecule has 108 valence electrons. The topological polar surface area (TPSA) is 3.24 Å². The molecule has 0 bridgehead atoms. The van der Waals surface area contributed by atoms with Crippen molar-refractivity contribution >= 4 is 5.70 Å². The third kappa shape index (κ3) is 5.06. The highest BCUT2D eigenvalue weighted by Gasteiger charge is 2.14.